The summed E-state index contributed by atoms with van der Waals surface area (Å²) in [4.78, 5) is 36.1. The standard InChI is InChI=1S/C19H24O5/c1-11(2)13-4-5-14-9-16(24-19(14)23)6-12(3)7-17(21)18(22)10-15(20)8-13/h9,13,16,18,22H,1,3-8,10H2,2H3. The highest BCUT2D eigenvalue weighted by atomic mass is 16.5. The molecule has 0 aromatic heterocycles. The molecule has 3 unspecified atom stereocenters. The van der Waals surface area contributed by atoms with Gasteiger partial charge in [-0.2, -0.15) is 0 Å². The minimum Gasteiger partial charge on any atom is -0.454 e. The Labute approximate surface area is 142 Å². The number of aliphatic hydroxyl groups is 1. The summed E-state index contributed by atoms with van der Waals surface area (Å²) in [6.07, 6.45) is 1.56. The van der Waals surface area contributed by atoms with Crippen LogP contribution in [0.1, 0.15) is 45.4 Å². The topological polar surface area (TPSA) is 80.7 Å². The van der Waals surface area contributed by atoms with Crippen molar-refractivity contribution in [2.45, 2.75) is 57.7 Å². The fourth-order valence-corrected chi connectivity index (χ4v) is 3.09. The molecule has 0 radical (unpaired) electrons. The summed E-state index contributed by atoms with van der Waals surface area (Å²) in [6.45, 7) is 9.57. The zero-order valence-electron chi connectivity index (χ0n) is 14.0. The number of allylic oxidation sites excluding steroid dienone is 1. The van der Waals surface area contributed by atoms with E-state index in [2.05, 4.69) is 13.2 Å². The molecule has 0 amide bonds. The predicted molar refractivity (Wildman–Crippen MR) is 89.1 cm³/mol. The maximum absolute atomic E-state index is 12.1. The third-order valence-electron chi connectivity index (χ3n) is 4.55. The molecule has 0 spiro atoms. The molecule has 2 rings (SSSR count). The van der Waals surface area contributed by atoms with Gasteiger partial charge in [0.05, 0.1) is 0 Å². The van der Waals surface area contributed by atoms with Crippen molar-refractivity contribution in [2.75, 3.05) is 0 Å². The maximum Gasteiger partial charge on any atom is 0.334 e. The zero-order valence-corrected chi connectivity index (χ0v) is 14.0. The molecule has 0 aromatic rings. The van der Waals surface area contributed by atoms with Crippen LogP contribution < -0.4 is 0 Å². The number of Topliss-reactive ketones (excluding diaryl/α,β-unsaturated/α-hetero) is 2. The van der Waals surface area contributed by atoms with E-state index in [0.29, 0.717) is 30.4 Å². The number of aliphatic hydroxyl groups excluding tert-OH is 1. The fourth-order valence-electron chi connectivity index (χ4n) is 3.09. The Balaban J connectivity index is 2.20. The number of hydrogen-bond acceptors (Lipinski definition) is 5. The van der Waals surface area contributed by atoms with E-state index in [1.54, 1.807) is 6.08 Å². The van der Waals surface area contributed by atoms with E-state index in [9.17, 15) is 19.5 Å². The second-order valence-corrected chi connectivity index (χ2v) is 6.78. The Morgan fingerprint density at radius 1 is 1.25 bits per heavy atom. The Kier molecular flexibility index (Phi) is 5.89. The van der Waals surface area contributed by atoms with Gasteiger partial charge in [-0.3, -0.25) is 9.59 Å². The number of ether oxygens (including phenoxy) is 1. The lowest BCUT2D eigenvalue weighted by Gasteiger charge is -2.17. The van der Waals surface area contributed by atoms with Gasteiger partial charge in [0, 0.05) is 31.3 Å². The molecule has 5 heteroatoms. The molecule has 5 nitrogen and oxygen atoms in total. The van der Waals surface area contributed by atoms with E-state index in [4.69, 9.17) is 4.74 Å². The first-order valence-electron chi connectivity index (χ1n) is 8.22. The molecule has 2 aliphatic rings. The van der Waals surface area contributed by atoms with E-state index >= 15 is 0 Å². The average Bonchev–Trinajstić information content (AvgIpc) is 2.81. The van der Waals surface area contributed by atoms with E-state index < -0.39 is 18.0 Å². The van der Waals surface area contributed by atoms with Crippen LogP contribution in [0.5, 0.6) is 0 Å². The highest BCUT2D eigenvalue weighted by Crippen LogP contribution is 2.29. The van der Waals surface area contributed by atoms with Crippen molar-refractivity contribution in [1.29, 1.82) is 0 Å². The Morgan fingerprint density at radius 2 is 1.96 bits per heavy atom. The average molecular weight is 332 g/mol. The number of carbonyl (C=O) groups excluding carboxylic acids is 3. The molecule has 130 valence electrons. The van der Waals surface area contributed by atoms with Crippen molar-refractivity contribution in [3.05, 3.63) is 36.0 Å². The van der Waals surface area contributed by atoms with Gasteiger partial charge in [-0.1, -0.05) is 24.3 Å². The number of esters is 1. The van der Waals surface area contributed by atoms with Crippen LogP contribution in [0.25, 0.3) is 0 Å². The van der Waals surface area contributed by atoms with Crippen molar-refractivity contribution >= 4 is 17.5 Å². The monoisotopic (exact) mass is 332 g/mol. The van der Waals surface area contributed by atoms with Gasteiger partial charge in [0.25, 0.3) is 0 Å². The van der Waals surface area contributed by atoms with Crippen molar-refractivity contribution in [2.24, 2.45) is 5.92 Å². The van der Waals surface area contributed by atoms with Crippen LogP contribution in [0.2, 0.25) is 0 Å². The first-order valence-corrected chi connectivity index (χ1v) is 8.22. The summed E-state index contributed by atoms with van der Waals surface area (Å²) in [5.41, 5.74) is 2.04. The summed E-state index contributed by atoms with van der Waals surface area (Å²) < 4.78 is 5.29. The van der Waals surface area contributed by atoms with Crippen LogP contribution in [0.3, 0.4) is 0 Å². The summed E-state index contributed by atoms with van der Waals surface area (Å²) >= 11 is 0. The quantitative estimate of drug-likeness (QED) is 0.589. The first-order chi connectivity index (χ1) is 11.3. The van der Waals surface area contributed by atoms with E-state index in [1.165, 1.54) is 0 Å². The van der Waals surface area contributed by atoms with Crippen LogP contribution >= 0.6 is 0 Å². The van der Waals surface area contributed by atoms with Crippen LogP contribution in [-0.4, -0.2) is 34.9 Å². The van der Waals surface area contributed by atoms with Crippen LogP contribution in [0.15, 0.2) is 36.0 Å². The Bertz CT molecular complexity index is 613. The largest absolute Gasteiger partial charge is 0.454 e. The summed E-state index contributed by atoms with van der Waals surface area (Å²) in [5, 5.41) is 9.94. The highest BCUT2D eigenvalue weighted by molar-refractivity contribution is 5.92. The lowest BCUT2D eigenvalue weighted by molar-refractivity contribution is -0.139. The van der Waals surface area contributed by atoms with Gasteiger partial charge in [0.2, 0.25) is 0 Å². The molecule has 3 atom stereocenters. The van der Waals surface area contributed by atoms with Crippen molar-refractivity contribution < 1.29 is 24.2 Å². The van der Waals surface area contributed by atoms with E-state index in [0.717, 1.165) is 5.57 Å². The number of carbonyl (C=O) groups is 3. The number of rotatable bonds is 1. The van der Waals surface area contributed by atoms with Gasteiger partial charge >= 0.3 is 5.97 Å². The lowest BCUT2D eigenvalue weighted by Crippen LogP contribution is -2.25. The van der Waals surface area contributed by atoms with Gasteiger partial charge in [-0.15, -0.1) is 0 Å². The zero-order chi connectivity index (χ0) is 17.9. The molecule has 0 aromatic carbocycles. The first kappa shape index (κ1) is 18.3. The number of hydrogen-bond donors (Lipinski definition) is 1. The Hall–Kier alpha value is -2.01. The predicted octanol–water partition coefficient (Wildman–Crippen LogP) is 2.44. The van der Waals surface area contributed by atoms with Gasteiger partial charge in [-0.25, -0.2) is 4.79 Å². The lowest BCUT2D eigenvalue weighted by atomic mass is 9.87. The van der Waals surface area contributed by atoms with Crippen molar-refractivity contribution in [3.63, 3.8) is 0 Å². The number of ketones is 2. The molecule has 1 aliphatic carbocycles. The molecule has 2 bridgehead atoms. The fraction of sp³-hybridized carbons (Fsp3) is 0.526. The van der Waals surface area contributed by atoms with Crippen LogP contribution in [-0.2, 0) is 19.1 Å². The molecule has 0 saturated carbocycles. The molecule has 1 N–H and O–H groups in total. The molecule has 1 aliphatic heterocycles. The third kappa shape index (κ3) is 4.74. The van der Waals surface area contributed by atoms with E-state index in [1.807, 2.05) is 6.92 Å². The van der Waals surface area contributed by atoms with Crippen molar-refractivity contribution in [1.82, 2.24) is 0 Å². The Morgan fingerprint density at radius 3 is 2.62 bits per heavy atom. The highest BCUT2D eigenvalue weighted by Gasteiger charge is 2.29. The normalized spacial score (nSPS) is 29.8. The van der Waals surface area contributed by atoms with Gasteiger partial charge in [0.15, 0.2) is 5.78 Å². The van der Waals surface area contributed by atoms with E-state index in [-0.39, 0.29) is 36.9 Å². The second kappa shape index (κ2) is 7.71. The molecule has 24 heavy (non-hydrogen) atoms. The summed E-state index contributed by atoms with van der Waals surface area (Å²) in [7, 11) is 0. The molecule has 1 heterocycles. The van der Waals surface area contributed by atoms with Crippen LogP contribution in [0.4, 0.5) is 0 Å². The third-order valence-corrected chi connectivity index (χ3v) is 4.55. The molecule has 0 fully saturated rings. The van der Waals surface area contributed by atoms with Gasteiger partial charge < -0.3 is 9.84 Å². The van der Waals surface area contributed by atoms with Crippen LogP contribution in [0, 0.1) is 5.92 Å². The van der Waals surface area contributed by atoms with Gasteiger partial charge in [-0.05, 0) is 31.8 Å². The second-order valence-electron chi connectivity index (χ2n) is 6.78. The summed E-state index contributed by atoms with van der Waals surface area (Å²) in [5.74, 6) is -1.02. The minimum atomic E-state index is -1.31. The minimum absolute atomic E-state index is 0.0183. The van der Waals surface area contributed by atoms with Crippen molar-refractivity contribution in [3.8, 4) is 0 Å². The maximum atomic E-state index is 12.1. The number of fused-ring (bicyclic) bond motifs is 1. The molecule has 0 saturated heterocycles. The molecular weight excluding hydrogens is 308 g/mol. The van der Waals surface area contributed by atoms with Gasteiger partial charge in [0.1, 0.15) is 18.0 Å². The summed E-state index contributed by atoms with van der Waals surface area (Å²) in [6, 6.07) is 0. The SMILES string of the molecule is C=C1CC(=O)C(O)CC(=O)CC(C(=C)C)CCC2=CC(C1)OC2=O. The smallest absolute Gasteiger partial charge is 0.334 e. The molecular formula is C19H24O5.